The van der Waals surface area contributed by atoms with E-state index in [4.69, 9.17) is 4.74 Å². The highest BCUT2D eigenvalue weighted by Gasteiger charge is 2.65. The molecule has 25 heavy (non-hydrogen) atoms. The molecule has 5 nitrogen and oxygen atoms in total. The number of halogens is 5. The van der Waals surface area contributed by atoms with Gasteiger partial charge >= 0.3 is 6.18 Å². The number of carbonyl (C=O) groups excluding carboxylic acids is 1. The number of aromatic nitrogens is 2. The molecular weight excluding hydrogens is 349 g/mol. The SMILES string of the molecule is C[C@@H](Oc1cc(CNC(=O)C2[C@H]3CC(F)(F)C[C@@H]23)ncn1)C(F)(F)F. The van der Waals surface area contributed by atoms with Gasteiger partial charge in [-0.15, -0.1) is 0 Å². The molecule has 0 radical (unpaired) electrons. The molecule has 0 aromatic carbocycles. The Morgan fingerprint density at radius 3 is 2.60 bits per heavy atom. The van der Waals surface area contributed by atoms with Gasteiger partial charge in [-0.25, -0.2) is 18.7 Å². The topological polar surface area (TPSA) is 64.1 Å². The zero-order valence-electron chi connectivity index (χ0n) is 13.2. The zero-order chi connectivity index (χ0) is 18.4. The van der Waals surface area contributed by atoms with E-state index in [-0.39, 0.29) is 48.7 Å². The highest BCUT2D eigenvalue weighted by Crippen LogP contribution is 2.62. The summed E-state index contributed by atoms with van der Waals surface area (Å²) < 4.78 is 68.3. The number of rotatable bonds is 5. The summed E-state index contributed by atoms with van der Waals surface area (Å²) in [5, 5.41) is 2.58. The van der Waals surface area contributed by atoms with Gasteiger partial charge in [0.2, 0.25) is 17.7 Å². The van der Waals surface area contributed by atoms with Crippen molar-refractivity contribution in [2.45, 2.75) is 44.5 Å². The van der Waals surface area contributed by atoms with E-state index < -0.39 is 24.1 Å². The van der Waals surface area contributed by atoms with Crippen LogP contribution in [-0.4, -0.2) is 34.1 Å². The fraction of sp³-hybridized carbons (Fsp3) is 0.667. The highest BCUT2D eigenvalue weighted by atomic mass is 19.4. The molecule has 2 aliphatic carbocycles. The molecule has 0 saturated heterocycles. The third-order valence-corrected chi connectivity index (χ3v) is 4.60. The Bertz CT molecular complexity index is 653. The van der Waals surface area contributed by atoms with Crippen molar-refractivity contribution >= 4 is 5.91 Å². The number of carbonyl (C=O) groups is 1. The summed E-state index contributed by atoms with van der Waals surface area (Å²) in [4.78, 5) is 19.5. The van der Waals surface area contributed by atoms with Gasteiger partial charge < -0.3 is 10.1 Å². The molecule has 0 spiro atoms. The van der Waals surface area contributed by atoms with Gasteiger partial charge in [0, 0.05) is 24.8 Å². The lowest BCUT2D eigenvalue weighted by Crippen LogP contribution is -2.31. The van der Waals surface area contributed by atoms with Gasteiger partial charge in [-0.3, -0.25) is 4.79 Å². The second-order valence-corrected chi connectivity index (χ2v) is 6.48. The van der Waals surface area contributed by atoms with Crippen molar-refractivity contribution < 1.29 is 31.5 Å². The van der Waals surface area contributed by atoms with Crippen LogP contribution < -0.4 is 10.1 Å². The molecule has 2 fully saturated rings. The largest absolute Gasteiger partial charge is 0.465 e. The Kier molecular flexibility index (Phi) is 4.32. The van der Waals surface area contributed by atoms with Crippen LogP contribution in [0, 0.1) is 17.8 Å². The number of ether oxygens (including phenoxy) is 1. The van der Waals surface area contributed by atoms with Crippen LogP contribution in [0.15, 0.2) is 12.4 Å². The van der Waals surface area contributed by atoms with Crippen LogP contribution in [0.3, 0.4) is 0 Å². The minimum absolute atomic E-state index is 0.0373. The first kappa shape index (κ1) is 17.8. The lowest BCUT2D eigenvalue weighted by molar-refractivity contribution is -0.190. The normalized spacial score (nSPS) is 28.2. The van der Waals surface area contributed by atoms with Gasteiger partial charge in [-0.05, 0) is 18.8 Å². The van der Waals surface area contributed by atoms with E-state index in [1.54, 1.807) is 0 Å². The predicted molar refractivity (Wildman–Crippen MR) is 74.7 cm³/mol. The Hall–Kier alpha value is -2.00. The number of alkyl halides is 5. The molecule has 1 heterocycles. The molecule has 1 aromatic heterocycles. The van der Waals surface area contributed by atoms with Gasteiger partial charge in [0.15, 0.2) is 6.10 Å². The van der Waals surface area contributed by atoms with Crippen LogP contribution in [-0.2, 0) is 11.3 Å². The maximum Gasteiger partial charge on any atom is 0.425 e. The van der Waals surface area contributed by atoms with Crippen LogP contribution >= 0.6 is 0 Å². The molecule has 2 aliphatic rings. The number of nitrogens with one attached hydrogen (secondary N) is 1. The van der Waals surface area contributed by atoms with E-state index in [0.717, 1.165) is 13.3 Å². The molecular formula is C15H16F5N3O2. The molecule has 3 rings (SSSR count). The lowest BCUT2D eigenvalue weighted by Gasteiger charge is -2.17. The minimum atomic E-state index is -4.52. The maximum atomic E-state index is 13.1. The summed E-state index contributed by atoms with van der Waals surface area (Å²) in [6, 6.07) is 1.20. The highest BCUT2D eigenvalue weighted by molar-refractivity contribution is 5.82. The summed E-state index contributed by atoms with van der Waals surface area (Å²) in [6.07, 6.45) is -6.05. The Morgan fingerprint density at radius 2 is 2.00 bits per heavy atom. The third kappa shape index (κ3) is 3.98. The van der Waals surface area contributed by atoms with Crippen molar-refractivity contribution in [2.75, 3.05) is 0 Å². The summed E-state index contributed by atoms with van der Waals surface area (Å²) in [7, 11) is 0. The van der Waals surface area contributed by atoms with Crippen molar-refractivity contribution in [1.82, 2.24) is 15.3 Å². The van der Waals surface area contributed by atoms with Gasteiger partial charge in [0.25, 0.3) is 0 Å². The van der Waals surface area contributed by atoms with Crippen molar-refractivity contribution in [1.29, 1.82) is 0 Å². The fourth-order valence-electron chi connectivity index (χ4n) is 3.25. The second-order valence-electron chi connectivity index (χ2n) is 6.48. The Balaban J connectivity index is 1.51. The van der Waals surface area contributed by atoms with E-state index in [1.165, 1.54) is 6.07 Å². The van der Waals surface area contributed by atoms with E-state index in [0.29, 0.717) is 0 Å². The molecule has 4 atom stereocenters. The van der Waals surface area contributed by atoms with Gasteiger partial charge in [-0.2, -0.15) is 13.2 Å². The second kappa shape index (κ2) is 6.06. The molecule has 0 aliphatic heterocycles. The summed E-state index contributed by atoms with van der Waals surface area (Å²) >= 11 is 0. The predicted octanol–water partition coefficient (Wildman–Crippen LogP) is 2.71. The molecule has 10 heteroatoms. The first-order valence-electron chi connectivity index (χ1n) is 7.77. The summed E-state index contributed by atoms with van der Waals surface area (Å²) in [5.41, 5.74) is 0.267. The molecule has 2 saturated carbocycles. The number of amides is 1. The van der Waals surface area contributed by atoms with Crippen molar-refractivity contribution in [2.24, 2.45) is 17.8 Å². The Morgan fingerprint density at radius 1 is 1.36 bits per heavy atom. The number of hydrogen-bond acceptors (Lipinski definition) is 4. The van der Waals surface area contributed by atoms with Crippen LogP contribution in [0.4, 0.5) is 22.0 Å². The van der Waals surface area contributed by atoms with Crippen LogP contribution in [0.25, 0.3) is 0 Å². The van der Waals surface area contributed by atoms with Crippen LogP contribution in [0.5, 0.6) is 5.88 Å². The standard InChI is InChI=1S/C15H16F5N3O2/c1-7(15(18,19)20)25-11-2-8(22-6-23-11)5-21-13(24)12-9-3-14(16,17)4-10(9)12/h2,6-7,9-10,12H,3-5H2,1H3,(H,21,24)/t7-,9-,10+,12?/m1/s1. The van der Waals surface area contributed by atoms with E-state index in [1.807, 2.05) is 0 Å². The average molecular weight is 365 g/mol. The van der Waals surface area contributed by atoms with Gasteiger partial charge in [-0.1, -0.05) is 0 Å². The first-order chi connectivity index (χ1) is 11.6. The molecule has 1 unspecified atom stereocenters. The molecule has 138 valence electrons. The average Bonchev–Trinajstić information content (AvgIpc) is 3.03. The van der Waals surface area contributed by atoms with Crippen LogP contribution in [0.1, 0.15) is 25.5 Å². The summed E-state index contributed by atoms with van der Waals surface area (Å²) in [5.74, 6) is -4.26. The molecule has 0 bridgehead atoms. The molecule has 1 aromatic rings. The molecule has 1 N–H and O–H groups in total. The first-order valence-corrected chi connectivity index (χ1v) is 7.77. The third-order valence-electron chi connectivity index (χ3n) is 4.60. The van der Waals surface area contributed by atoms with Crippen molar-refractivity contribution in [3.05, 3.63) is 18.1 Å². The monoisotopic (exact) mass is 365 g/mol. The summed E-state index contributed by atoms with van der Waals surface area (Å²) in [6.45, 7) is 0.815. The lowest BCUT2D eigenvalue weighted by atomic mass is 10.1. The maximum absolute atomic E-state index is 13.1. The Labute approximate surface area is 140 Å². The van der Waals surface area contributed by atoms with Crippen molar-refractivity contribution in [3.63, 3.8) is 0 Å². The van der Waals surface area contributed by atoms with E-state index in [2.05, 4.69) is 15.3 Å². The van der Waals surface area contributed by atoms with Crippen molar-refractivity contribution in [3.8, 4) is 5.88 Å². The quantitative estimate of drug-likeness (QED) is 0.815. The minimum Gasteiger partial charge on any atom is -0.465 e. The van der Waals surface area contributed by atoms with Gasteiger partial charge in [0.05, 0.1) is 12.2 Å². The fourth-order valence-corrected chi connectivity index (χ4v) is 3.25. The smallest absolute Gasteiger partial charge is 0.425 e. The number of nitrogens with zero attached hydrogens (tertiary/aromatic N) is 2. The van der Waals surface area contributed by atoms with E-state index >= 15 is 0 Å². The molecule has 1 amide bonds. The van der Waals surface area contributed by atoms with Gasteiger partial charge in [0.1, 0.15) is 6.33 Å². The zero-order valence-corrected chi connectivity index (χ0v) is 13.2. The van der Waals surface area contributed by atoms with Crippen LogP contribution in [0.2, 0.25) is 0 Å². The number of fused-ring (bicyclic) bond motifs is 1. The van der Waals surface area contributed by atoms with E-state index in [9.17, 15) is 26.7 Å². The number of hydrogen-bond donors (Lipinski definition) is 1.